The van der Waals surface area contributed by atoms with Crippen LogP contribution in [0.1, 0.15) is 25.8 Å². The van der Waals surface area contributed by atoms with Gasteiger partial charge in [0, 0.05) is 23.1 Å². The highest BCUT2D eigenvalue weighted by molar-refractivity contribution is 6.35. The van der Waals surface area contributed by atoms with Crippen LogP contribution in [-0.4, -0.2) is 35.9 Å². The van der Waals surface area contributed by atoms with E-state index in [1.54, 1.807) is 25.1 Å². The summed E-state index contributed by atoms with van der Waals surface area (Å²) in [6, 6.07) is 9.57. The van der Waals surface area contributed by atoms with E-state index >= 15 is 0 Å². The molecule has 2 aromatic carbocycles. The summed E-state index contributed by atoms with van der Waals surface area (Å²) in [6.07, 6.45) is 0.781. The molecule has 0 aromatic heterocycles. The molecule has 0 bridgehead atoms. The Morgan fingerprint density at radius 1 is 1.17 bits per heavy atom. The highest BCUT2D eigenvalue weighted by Crippen LogP contribution is 2.23. The largest absolute Gasteiger partial charge is 0.484 e. The third-order valence-electron chi connectivity index (χ3n) is 4.25. The van der Waals surface area contributed by atoms with Crippen molar-refractivity contribution < 1.29 is 18.7 Å². The minimum Gasteiger partial charge on any atom is -0.484 e. The molecule has 0 unspecified atom stereocenters. The molecule has 0 fully saturated rings. The van der Waals surface area contributed by atoms with Crippen molar-refractivity contribution in [3.05, 3.63) is 63.9 Å². The predicted octanol–water partition coefficient (Wildman–Crippen LogP) is 4.45. The molecular weight excluding hydrogens is 418 g/mol. The summed E-state index contributed by atoms with van der Waals surface area (Å²) in [5, 5.41) is 3.66. The summed E-state index contributed by atoms with van der Waals surface area (Å²) in [4.78, 5) is 26.7. The Bertz CT molecular complexity index is 846. The number of nitrogens with one attached hydrogen (secondary N) is 1. The molecule has 0 saturated heterocycles. The third kappa shape index (κ3) is 6.91. The topological polar surface area (TPSA) is 58.6 Å². The maximum absolute atomic E-state index is 13.0. The van der Waals surface area contributed by atoms with Crippen LogP contribution in [0.25, 0.3) is 0 Å². The van der Waals surface area contributed by atoms with Gasteiger partial charge in [0.15, 0.2) is 6.61 Å². The number of carbonyl (C=O) groups is 2. The summed E-state index contributed by atoms with van der Waals surface area (Å²) in [6.45, 7) is 3.91. The first-order valence-electron chi connectivity index (χ1n) is 9.21. The first-order chi connectivity index (χ1) is 13.8. The monoisotopic (exact) mass is 440 g/mol. The third-order valence-corrected chi connectivity index (χ3v) is 4.84. The van der Waals surface area contributed by atoms with Gasteiger partial charge in [0.05, 0.1) is 0 Å². The van der Waals surface area contributed by atoms with Crippen molar-refractivity contribution in [3.8, 4) is 5.75 Å². The van der Waals surface area contributed by atoms with Gasteiger partial charge >= 0.3 is 0 Å². The van der Waals surface area contributed by atoms with Gasteiger partial charge in [-0.3, -0.25) is 9.59 Å². The maximum Gasteiger partial charge on any atom is 0.261 e. The van der Waals surface area contributed by atoms with Crippen LogP contribution in [0.4, 0.5) is 4.39 Å². The Labute approximate surface area is 179 Å². The van der Waals surface area contributed by atoms with E-state index < -0.39 is 17.8 Å². The van der Waals surface area contributed by atoms with Gasteiger partial charge in [-0.25, -0.2) is 4.39 Å². The lowest BCUT2D eigenvalue weighted by Crippen LogP contribution is -2.49. The van der Waals surface area contributed by atoms with E-state index in [1.165, 1.54) is 29.2 Å². The molecule has 1 N–H and O–H groups in total. The van der Waals surface area contributed by atoms with Gasteiger partial charge in [0.25, 0.3) is 5.91 Å². The molecule has 0 aliphatic rings. The fraction of sp³-hybridized carbons (Fsp3) is 0.333. The fourth-order valence-electron chi connectivity index (χ4n) is 2.57. The predicted molar refractivity (Wildman–Crippen MR) is 112 cm³/mol. The maximum atomic E-state index is 13.0. The number of amides is 2. The van der Waals surface area contributed by atoms with Crippen molar-refractivity contribution in [2.75, 3.05) is 13.2 Å². The summed E-state index contributed by atoms with van der Waals surface area (Å²) in [7, 11) is 0. The van der Waals surface area contributed by atoms with Crippen LogP contribution >= 0.6 is 23.2 Å². The van der Waals surface area contributed by atoms with Crippen LogP contribution in [0.5, 0.6) is 5.75 Å². The van der Waals surface area contributed by atoms with Crippen LogP contribution in [0, 0.1) is 5.82 Å². The molecule has 29 heavy (non-hydrogen) atoms. The molecule has 2 aromatic rings. The zero-order valence-corrected chi connectivity index (χ0v) is 17.8. The van der Waals surface area contributed by atoms with Gasteiger partial charge in [-0.1, -0.05) is 36.2 Å². The van der Waals surface area contributed by atoms with E-state index in [-0.39, 0.29) is 19.1 Å². The van der Waals surface area contributed by atoms with Gasteiger partial charge in [0.1, 0.15) is 17.6 Å². The van der Waals surface area contributed by atoms with Crippen molar-refractivity contribution in [1.29, 1.82) is 0 Å². The van der Waals surface area contributed by atoms with Gasteiger partial charge < -0.3 is 15.0 Å². The Morgan fingerprint density at radius 2 is 1.86 bits per heavy atom. The molecule has 0 aliphatic heterocycles. The van der Waals surface area contributed by atoms with Crippen LogP contribution in [0.3, 0.4) is 0 Å². The molecule has 1 atom stereocenters. The van der Waals surface area contributed by atoms with Gasteiger partial charge in [-0.2, -0.15) is 0 Å². The van der Waals surface area contributed by atoms with E-state index in [4.69, 9.17) is 27.9 Å². The van der Waals surface area contributed by atoms with Crippen LogP contribution in [0.2, 0.25) is 10.0 Å². The molecule has 0 aliphatic carbocycles. The van der Waals surface area contributed by atoms with Crippen molar-refractivity contribution in [3.63, 3.8) is 0 Å². The number of hydrogen-bond acceptors (Lipinski definition) is 3. The van der Waals surface area contributed by atoms with E-state index in [0.717, 1.165) is 6.42 Å². The van der Waals surface area contributed by atoms with Gasteiger partial charge in [-0.05, 0) is 55.3 Å². The number of benzene rings is 2. The summed E-state index contributed by atoms with van der Waals surface area (Å²) in [5.41, 5.74) is 0.654. The van der Waals surface area contributed by atoms with Crippen molar-refractivity contribution in [1.82, 2.24) is 10.2 Å². The Morgan fingerprint density at radius 3 is 2.48 bits per heavy atom. The SMILES string of the molecule is CCCNC(=O)[C@@H](C)N(Cc1ccc(Cl)cc1Cl)C(=O)COc1ccc(F)cc1. The molecule has 0 spiro atoms. The zero-order chi connectivity index (χ0) is 21.4. The molecule has 8 heteroatoms. The number of ether oxygens (including phenoxy) is 1. The Hall–Kier alpha value is -2.31. The first-order valence-corrected chi connectivity index (χ1v) is 9.97. The summed E-state index contributed by atoms with van der Waals surface area (Å²) in [5.74, 6) is -0.720. The van der Waals surface area contributed by atoms with Crippen molar-refractivity contribution in [2.24, 2.45) is 0 Å². The normalized spacial score (nSPS) is 11.6. The minimum absolute atomic E-state index is 0.113. The highest BCUT2D eigenvalue weighted by Gasteiger charge is 2.27. The zero-order valence-electron chi connectivity index (χ0n) is 16.3. The van der Waals surface area contributed by atoms with Gasteiger partial charge in [0.2, 0.25) is 5.91 Å². The minimum atomic E-state index is -0.738. The number of halogens is 3. The number of hydrogen-bond donors (Lipinski definition) is 1. The second kappa shape index (κ2) is 11.0. The first kappa shape index (κ1) is 23.0. The molecule has 156 valence electrons. The molecule has 0 heterocycles. The van der Waals surface area contributed by atoms with E-state index in [0.29, 0.717) is 27.9 Å². The van der Waals surface area contributed by atoms with E-state index in [9.17, 15) is 14.0 Å². The molecule has 0 saturated carbocycles. The Kier molecular flexibility index (Phi) is 8.73. The lowest BCUT2D eigenvalue weighted by atomic mass is 10.1. The molecule has 2 amide bonds. The van der Waals surface area contributed by atoms with Crippen LogP contribution in [-0.2, 0) is 16.1 Å². The second-order valence-corrected chi connectivity index (χ2v) is 7.31. The number of carbonyl (C=O) groups excluding carboxylic acids is 2. The standard InChI is InChI=1S/C21H23Cl2FN2O3/c1-3-10-25-21(28)14(2)26(12-15-4-5-16(22)11-19(15)23)20(27)13-29-18-8-6-17(24)7-9-18/h4-9,11,14H,3,10,12-13H2,1-2H3,(H,25,28)/t14-/m1/s1. The summed E-state index contributed by atoms with van der Waals surface area (Å²) < 4.78 is 18.5. The number of nitrogens with zero attached hydrogens (tertiary/aromatic N) is 1. The van der Waals surface area contributed by atoms with E-state index in [2.05, 4.69) is 5.32 Å². The smallest absolute Gasteiger partial charge is 0.261 e. The van der Waals surface area contributed by atoms with Crippen LogP contribution in [0.15, 0.2) is 42.5 Å². The second-order valence-electron chi connectivity index (χ2n) is 6.47. The average molecular weight is 441 g/mol. The van der Waals surface area contributed by atoms with Crippen molar-refractivity contribution >= 4 is 35.0 Å². The number of rotatable bonds is 9. The molecule has 2 rings (SSSR count). The lowest BCUT2D eigenvalue weighted by molar-refractivity contribution is -0.142. The summed E-state index contributed by atoms with van der Waals surface area (Å²) >= 11 is 12.2. The van der Waals surface area contributed by atoms with Gasteiger partial charge in [-0.15, -0.1) is 0 Å². The molecule has 5 nitrogen and oxygen atoms in total. The quantitative estimate of drug-likeness (QED) is 0.626. The van der Waals surface area contributed by atoms with Crippen molar-refractivity contribution in [2.45, 2.75) is 32.9 Å². The van der Waals surface area contributed by atoms with Crippen LogP contribution < -0.4 is 10.1 Å². The fourth-order valence-corrected chi connectivity index (χ4v) is 3.04. The van der Waals surface area contributed by atoms with E-state index in [1.807, 2.05) is 6.92 Å². The highest BCUT2D eigenvalue weighted by atomic mass is 35.5. The molecule has 0 radical (unpaired) electrons. The Balaban J connectivity index is 2.16. The lowest BCUT2D eigenvalue weighted by Gasteiger charge is -2.29. The molecular formula is C21H23Cl2FN2O3. The average Bonchev–Trinajstić information content (AvgIpc) is 2.70.